The van der Waals surface area contributed by atoms with Gasteiger partial charge in [-0.05, 0) is 36.9 Å². The highest BCUT2D eigenvalue weighted by molar-refractivity contribution is 7.10. The van der Waals surface area contributed by atoms with Gasteiger partial charge in [0.25, 0.3) is 0 Å². The van der Waals surface area contributed by atoms with Gasteiger partial charge in [0.15, 0.2) is 5.78 Å². The summed E-state index contributed by atoms with van der Waals surface area (Å²) in [5.41, 5.74) is 8.21. The molecule has 0 bridgehead atoms. The van der Waals surface area contributed by atoms with Crippen LogP contribution < -0.4 is 5.73 Å². The molecule has 0 saturated carbocycles. The van der Waals surface area contributed by atoms with E-state index < -0.39 is 0 Å². The predicted molar refractivity (Wildman–Crippen MR) is 71.7 cm³/mol. The average molecular weight is 245 g/mol. The lowest BCUT2D eigenvalue weighted by Crippen LogP contribution is -2.04. The van der Waals surface area contributed by atoms with Crippen molar-refractivity contribution < 1.29 is 4.79 Å². The number of benzene rings is 1. The van der Waals surface area contributed by atoms with Gasteiger partial charge in [0.1, 0.15) is 0 Å². The van der Waals surface area contributed by atoms with Crippen LogP contribution in [-0.2, 0) is 6.42 Å². The van der Waals surface area contributed by atoms with Crippen LogP contribution in [0, 0.1) is 6.92 Å². The minimum Gasteiger partial charge on any atom is -0.330 e. The predicted octanol–water partition coefficient (Wildman–Crippen LogP) is 2.79. The molecule has 2 nitrogen and oxygen atoms in total. The van der Waals surface area contributed by atoms with E-state index in [1.165, 1.54) is 5.56 Å². The molecule has 2 aromatic rings. The van der Waals surface area contributed by atoms with Crippen LogP contribution in [0.25, 0.3) is 0 Å². The summed E-state index contributed by atoms with van der Waals surface area (Å²) in [4.78, 5) is 13.2. The van der Waals surface area contributed by atoms with Crippen molar-refractivity contribution >= 4 is 17.1 Å². The number of hydrogen-bond acceptors (Lipinski definition) is 3. The van der Waals surface area contributed by atoms with E-state index >= 15 is 0 Å². The van der Waals surface area contributed by atoms with Crippen molar-refractivity contribution in [2.24, 2.45) is 5.73 Å². The third-order valence-corrected chi connectivity index (χ3v) is 3.60. The molecule has 17 heavy (non-hydrogen) atoms. The third kappa shape index (κ3) is 2.62. The monoisotopic (exact) mass is 245 g/mol. The van der Waals surface area contributed by atoms with Crippen LogP contribution in [0.5, 0.6) is 0 Å². The summed E-state index contributed by atoms with van der Waals surface area (Å²) in [6.07, 6.45) is 0.853. The maximum atomic E-state index is 12.2. The van der Waals surface area contributed by atoms with Gasteiger partial charge in [-0.15, -0.1) is 11.3 Å². The lowest BCUT2D eigenvalue weighted by molar-refractivity contribution is 0.103. The molecule has 0 spiro atoms. The molecule has 2 rings (SSSR count). The Kier molecular flexibility index (Phi) is 3.71. The maximum absolute atomic E-state index is 12.2. The number of carbonyl (C=O) groups excluding carboxylic acids is 1. The molecule has 0 amide bonds. The van der Waals surface area contributed by atoms with Crippen LogP contribution in [0.3, 0.4) is 0 Å². The summed E-state index contributed by atoms with van der Waals surface area (Å²) < 4.78 is 0. The van der Waals surface area contributed by atoms with E-state index in [0.29, 0.717) is 6.54 Å². The van der Waals surface area contributed by atoms with E-state index in [1.807, 2.05) is 42.6 Å². The van der Waals surface area contributed by atoms with E-state index in [0.717, 1.165) is 22.4 Å². The number of nitrogens with two attached hydrogens (primary N) is 1. The van der Waals surface area contributed by atoms with Gasteiger partial charge in [-0.25, -0.2) is 0 Å². The molecular weight excluding hydrogens is 230 g/mol. The van der Waals surface area contributed by atoms with E-state index in [4.69, 9.17) is 5.73 Å². The van der Waals surface area contributed by atoms with Crippen molar-refractivity contribution in [3.63, 3.8) is 0 Å². The fourth-order valence-corrected chi connectivity index (χ4v) is 2.46. The normalized spacial score (nSPS) is 10.5. The van der Waals surface area contributed by atoms with Crippen LogP contribution in [-0.4, -0.2) is 12.3 Å². The smallest absolute Gasteiger partial charge is 0.194 e. The minimum absolute atomic E-state index is 0.100. The Balaban J connectivity index is 2.23. The molecule has 0 aliphatic carbocycles. The molecule has 88 valence electrons. The molecule has 0 saturated heterocycles. The average Bonchev–Trinajstić information content (AvgIpc) is 2.76. The standard InChI is InChI=1S/C14H15NOS/c1-10-13(7-9-17-10)14(16)12-4-2-11(3-5-12)6-8-15/h2-5,7,9H,6,8,15H2,1H3. The zero-order valence-corrected chi connectivity index (χ0v) is 10.6. The molecule has 0 fully saturated rings. The van der Waals surface area contributed by atoms with Crippen molar-refractivity contribution in [2.75, 3.05) is 6.54 Å². The molecule has 2 N–H and O–H groups in total. The number of ketones is 1. The van der Waals surface area contributed by atoms with E-state index in [9.17, 15) is 4.79 Å². The SMILES string of the molecule is Cc1sccc1C(=O)c1ccc(CCN)cc1. The highest BCUT2D eigenvalue weighted by atomic mass is 32.1. The van der Waals surface area contributed by atoms with Gasteiger partial charge in [-0.2, -0.15) is 0 Å². The Bertz CT molecular complexity index is 513. The summed E-state index contributed by atoms with van der Waals surface area (Å²) >= 11 is 1.60. The first kappa shape index (κ1) is 12.0. The molecule has 1 heterocycles. The number of rotatable bonds is 4. The first-order valence-electron chi connectivity index (χ1n) is 5.60. The number of hydrogen-bond donors (Lipinski definition) is 1. The van der Waals surface area contributed by atoms with Crippen molar-refractivity contribution in [3.8, 4) is 0 Å². The molecule has 0 aliphatic heterocycles. The van der Waals surface area contributed by atoms with Crippen LogP contribution >= 0.6 is 11.3 Å². The van der Waals surface area contributed by atoms with Crippen LogP contribution in [0.15, 0.2) is 35.7 Å². The van der Waals surface area contributed by atoms with Crippen molar-refractivity contribution in [1.29, 1.82) is 0 Å². The number of thiophene rings is 1. The van der Waals surface area contributed by atoms with Gasteiger partial charge in [-0.3, -0.25) is 4.79 Å². The highest BCUT2D eigenvalue weighted by Gasteiger charge is 2.12. The van der Waals surface area contributed by atoms with E-state index in [1.54, 1.807) is 11.3 Å². The van der Waals surface area contributed by atoms with E-state index in [2.05, 4.69) is 0 Å². The molecule has 0 unspecified atom stereocenters. The molecule has 1 aromatic heterocycles. The van der Waals surface area contributed by atoms with Crippen LogP contribution in [0.4, 0.5) is 0 Å². The summed E-state index contributed by atoms with van der Waals surface area (Å²) in [6.45, 7) is 2.61. The molecule has 0 aliphatic rings. The molecule has 0 radical (unpaired) electrons. The van der Waals surface area contributed by atoms with Gasteiger partial charge >= 0.3 is 0 Å². The lowest BCUT2D eigenvalue weighted by Gasteiger charge is -2.02. The first-order chi connectivity index (χ1) is 8.22. The van der Waals surface area contributed by atoms with Gasteiger partial charge < -0.3 is 5.73 Å². The van der Waals surface area contributed by atoms with Crippen molar-refractivity contribution in [2.45, 2.75) is 13.3 Å². The Morgan fingerprint density at radius 3 is 2.47 bits per heavy atom. The van der Waals surface area contributed by atoms with Crippen molar-refractivity contribution in [3.05, 3.63) is 57.3 Å². The van der Waals surface area contributed by atoms with Crippen LogP contribution in [0.2, 0.25) is 0 Å². The number of aryl methyl sites for hydroxylation is 1. The Morgan fingerprint density at radius 1 is 1.24 bits per heavy atom. The summed E-state index contributed by atoms with van der Waals surface area (Å²) in [6, 6.07) is 9.59. The molecule has 3 heteroatoms. The van der Waals surface area contributed by atoms with Crippen LogP contribution in [0.1, 0.15) is 26.4 Å². The molecule has 0 atom stereocenters. The largest absolute Gasteiger partial charge is 0.330 e. The Hall–Kier alpha value is -1.45. The van der Waals surface area contributed by atoms with Gasteiger partial charge in [0, 0.05) is 16.0 Å². The lowest BCUT2D eigenvalue weighted by atomic mass is 10.0. The van der Waals surface area contributed by atoms with Gasteiger partial charge in [-0.1, -0.05) is 24.3 Å². The second-order valence-electron chi connectivity index (χ2n) is 3.96. The number of carbonyl (C=O) groups is 1. The zero-order valence-electron chi connectivity index (χ0n) is 9.77. The third-order valence-electron chi connectivity index (χ3n) is 2.75. The second-order valence-corrected chi connectivity index (χ2v) is 5.08. The Labute approximate surface area is 105 Å². The minimum atomic E-state index is 0.100. The fraction of sp³-hybridized carbons (Fsp3) is 0.214. The fourth-order valence-electron chi connectivity index (χ4n) is 1.77. The summed E-state index contributed by atoms with van der Waals surface area (Å²) in [5, 5.41) is 1.95. The molecular formula is C14H15NOS. The topological polar surface area (TPSA) is 43.1 Å². The van der Waals surface area contributed by atoms with Crippen molar-refractivity contribution in [1.82, 2.24) is 0 Å². The van der Waals surface area contributed by atoms with Gasteiger partial charge in [0.05, 0.1) is 0 Å². The second kappa shape index (κ2) is 5.25. The summed E-state index contributed by atoms with van der Waals surface area (Å²) in [7, 11) is 0. The van der Waals surface area contributed by atoms with Gasteiger partial charge in [0.2, 0.25) is 0 Å². The molecule has 1 aromatic carbocycles. The highest BCUT2D eigenvalue weighted by Crippen LogP contribution is 2.19. The Morgan fingerprint density at radius 2 is 1.94 bits per heavy atom. The van der Waals surface area contributed by atoms with E-state index in [-0.39, 0.29) is 5.78 Å². The maximum Gasteiger partial charge on any atom is 0.194 e. The quantitative estimate of drug-likeness (QED) is 0.842. The summed E-state index contributed by atoms with van der Waals surface area (Å²) in [5.74, 6) is 0.100. The first-order valence-corrected chi connectivity index (χ1v) is 6.48. The zero-order chi connectivity index (χ0) is 12.3.